The average molecular weight is 272 g/mol. The van der Waals surface area contributed by atoms with Crippen molar-refractivity contribution >= 4 is 11.9 Å². The molecule has 20 heavy (non-hydrogen) atoms. The van der Waals surface area contributed by atoms with Crippen molar-refractivity contribution in [3.63, 3.8) is 0 Å². The zero-order valence-electron chi connectivity index (χ0n) is 10.9. The smallest absolute Gasteiger partial charge is 0.342 e. The van der Waals surface area contributed by atoms with Crippen molar-refractivity contribution in [3.8, 4) is 5.75 Å². The molecular weight excluding hydrogens is 260 g/mol. The highest BCUT2D eigenvalue weighted by atomic mass is 16.5. The number of nitrogens with zero attached hydrogens (tertiary/aromatic N) is 1. The van der Waals surface area contributed by atoms with Crippen LogP contribution in [0.2, 0.25) is 0 Å². The first kappa shape index (κ1) is 12.4. The number of carboxylic acids is 1. The highest BCUT2D eigenvalue weighted by molar-refractivity contribution is 6.01. The summed E-state index contributed by atoms with van der Waals surface area (Å²) in [5.74, 6) is -1.98. The highest BCUT2D eigenvalue weighted by Crippen LogP contribution is 2.44. The molecule has 1 aromatic rings. The number of rotatable bonds is 1. The molecule has 0 radical (unpaired) electrons. The van der Waals surface area contributed by atoms with E-state index in [0.29, 0.717) is 28.4 Å². The van der Waals surface area contributed by atoms with E-state index in [0.717, 1.165) is 0 Å². The number of carboxylic acid groups (broad SMARTS) is 1. The number of aliphatic carboxylic acids is 1. The van der Waals surface area contributed by atoms with Crippen LogP contribution in [0, 0.1) is 0 Å². The Hall–Kier alpha value is -2.63. The molecule has 3 rings (SSSR count). The number of hydrogen-bond donors (Lipinski definition) is 2. The molecule has 1 aromatic heterocycles. The third-order valence-electron chi connectivity index (χ3n) is 3.49. The predicted octanol–water partition coefficient (Wildman–Crippen LogP) is 1.32. The first-order chi connectivity index (χ1) is 9.50. The number of aromatic nitrogens is 1. The Balaban J connectivity index is 2.30. The van der Waals surface area contributed by atoms with Crippen LogP contribution in [0.3, 0.4) is 0 Å². The van der Waals surface area contributed by atoms with E-state index in [1.54, 1.807) is 32.2 Å². The number of carbonyl (C=O) groups is 2. The zero-order chi connectivity index (χ0) is 14.4. The summed E-state index contributed by atoms with van der Waals surface area (Å²) in [7, 11) is 0. The van der Waals surface area contributed by atoms with Gasteiger partial charge >= 0.3 is 11.9 Å². The van der Waals surface area contributed by atoms with E-state index in [2.05, 4.69) is 10.3 Å². The van der Waals surface area contributed by atoms with Gasteiger partial charge in [-0.3, -0.25) is 4.98 Å². The summed E-state index contributed by atoms with van der Waals surface area (Å²) in [5.41, 5.74) is 2.00. The molecule has 0 fully saturated rings. The summed E-state index contributed by atoms with van der Waals surface area (Å²) in [6.45, 7) is 3.39. The highest BCUT2D eigenvalue weighted by Gasteiger charge is 2.42. The molecule has 1 unspecified atom stereocenters. The fourth-order valence-electron chi connectivity index (χ4n) is 2.68. The van der Waals surface area contributed by atoms with Crippen LogP contribution in [0.25, 0.3) is 0 Å². The summed E-state index contributed by atoms with van der Waals surface area (Å²) >= 11 is 0. The third kappa shape index (κ3) is 1.61. The monoisotopic (exact) mass is 272 g/mol. The van der Waals surface area contributed by atoms with Gasteiger partial charge in [-0.2, -0.15) is 0 Å². The molecule has 102 valence electrons. The van der Waals surface area contributed by atoms with Gasteiger partial charge < -0.3 is 15.2 Å². The fraction of sp³-hybridized carbons (Fsp3) is 0.214. The minimum absolute atomic E-state index is 0.127. The molecule has 0 saturated carbocycles. The van der Waals surface area contributed by atoms with Crippen LogP contribution in [0.1, 0.15) is 25.5 Å². The van der Waals surface area contributed by atoms with Gasteiger partial charge in [0.05, 0.1) is 22.8 Å². The summed E-state index contributed by atoms with van der Waals surface area (Å²) in [6.07, 6.45) is 1.56. The second kappa shape index (κ2) is 4.19. The van der Waals surface area contributed by atoms with Gasteiger partial charge in [-0.05, 0) is 26.0 Å². The van der Waals surface area contributed by atoms with E-state index < -0.39 is 17.9 Å². The number of hydrogen-bond acceptors (Lipinski definition) is 5. The molecule has 0 aliphatic carbocycles. The number of pyridine rings is 1. The first-order valence-electron chi connectivity index (χ1n) is 6.09. The van der Waals surface area contributed by atoms with Gasteiger partial charge in [0.25, 0.3) is 0 Å². The lowest BCUT2D eigenvalue weighted by Gasteiger charge is -2.32. The average Bonchev–Trinajstić information content (AvgIpc) is 2.37. The number of allylic oxidation sites excluding steroid dienone is 2. The predicted molar refractivity (Wildman–Crippen MR) is 68.8 cm³/mol. The van der Waals surface area contributed by atoms with Gasteiger partial charge in [-0.15, -0.1) is 0 Å². The first-order valence-corrected chi connectivity index (χ1v) is 6.09. The second-order valence-electron chi connectivity index (χ2n) is 4.72. The van der Waals surface area contributed by atoms with E-state index >= 15 is 0 Å². The Morgan fingerprint density at radius 2 is 2.15 bits per heavy atom. The summed E-state index contributed by atoms with van der Waals surface area (Å²) in [5, 5.41) is 12.4. The molecule has 0 saturated heterocycles. The number of dihydropyridines is 1. The van der Waals surface area contributed by atoms with E-state index in [4.69, 9.17) is 4.74 Å². The largest absolute Gasteiger partial charge is 0.478 e. The topological polar surface area (TPSA) is 88.5 Å². The van der Waals surface area contributed by atoms with E-state index in [1.165, 1.54) is 0 Å². The SMILES string of the molecule is CC1=C(C(=O)O)C2C(=C(C)N1)C(=O)Oc1cccnc12. The van der Waals surface area contributed by atoms with Crippen molar-refractivity contribution in [2.45, 2.75) is 19.8 Å². The van der Waals surface area contributed by atoms with Gasteiger partial charge in [-0.1, -0.05) is 0 Å². The van der Waals surface area contributed by atoms with Crippen molar-refractivity contribution in [3.05, 3.63) is 46.6 Å². The number of fused-ring (bicyclic) bond motifs is 3. The van der Waals surface area contributed by atoms with Crippen molar-refractivity contribution in [2.75, 3.05) is 0 Å². The standard InChI is InChI=1S/C14H12N2O4/c1-6-9(13(17)18)11-10(7(2)16-6)14(19)20-8-4-3-5-15-12(8)11/h3-5,11,16H,1-2H3,(H,17,18). The maximum absolute atomic E-state index is 12.1. The zero-order valence-corrected chi connectivity index (χ0v) is 10.9. The lowest BCUT2D eigenvalue weighted by atomic mass is 9.81. The van der Waals surface area contributed by atoms with Crippen LogP contribution in [0.5, 0.6) is 5.75 Å². The molecule has 0 aromatic carbocycles. The van der Waals surface area contributed by atoms with Gasteiger partial charge in [0.1, 0.15) is 0 Å². The Bertz CT molecular complexity index is 703. The van der Waals surface area contributed by atoms with Crippen LogP contribution in [-0.4, -0.2) is 22.0 Å². The summed E-state index contributed by atoms with van der Waals surface area (Å²) in [4.78, 5) is 27.9. The van der Waals surface area contributed by atoms with Crippen molar-refractivity contribution in [1.29, 1.82) is 0 Å². The maximum Gasteiger partial charge on any atom is 0.342 e. The fourth-order valence-corrected chi connectivity index (χ4v) is 2.68. The van der Waals surface area contributed by atoms with E-state index in [9.17, 15) is 14.7 Å². The molecule has 2 aliphatic rings. The molecule has 6 nitrogen and oxygen atoms in total. The summed E-state index contributed by atoms with van der Waals surface area (Å²) < 4.78 is 5.22. The van der Waals surface area contributed by atoms with Crippen LogP contribution < -0.4 is 10.1 Å². The van der Waals surface area contributed by atoms with E-state index in [1.807, 2.05) is 0 Å². The van der Waals surface area contributed by atoms with Crippen molar-refractivity contribution < 1.29 is 19.4 Å². The number of nitrogens with one attached hydrogen (secondary N) is 1. The van der Waals surface area contributed by atoms with Crippen LogP contribution in [0.15, 0.2) is 40.9 Å². The minimum Gasteiger partial charge on any atom is -0.478 e. The van der Waals surface area contributed by atoms with Crippen molar-refractivity contribution in [1.82, 2.24) is 10.3 Å². The lowest BCUT2D eigenvalue weighted by Crippen LogP contribution is -2.36. The number of ether oxygens (including phenoxy) is 1. The quantitative estimate of drug-likeness (QED) is 0.749. The molecule has 0 bridgehead atoms. The normalized spacial score (nSPS) is 20.9. The summed E-state index contributed by atoms with van der Waals surface area (Å²) in [6, 6.07) is 3.26. The number of carbonyl (C=O) groups excluding carboxylic acids is 1. The van der Waals surface area contributed by atoms with Crippen LogP contribution >= 0.6 is 0 Å². The van der Waals surface area contributed by atoms with Crippen molar-refractivity contribution in [2.24, 2.45) is 0 Å². The van der Waals surface area contributed by atoms with Gasteiger partial charge in [-0.25, -0.2) is 9.59 Å². The van der Waals surface area contributed by atoms with Crippen LogP contribution in [-0.2, 0) is 9.59 Å². The maximum atomic E-state index is 12.1. The molecule has 1 atom stereocenters. The van der Waals surface area contributed by atoms with Gasteiger partial charge in [0.15, 0.2) is 5.75 Å². The second-order valence-corrected chi connectivity index (χ2v) is 4.72. The molecule has 0 amide bonds. The molecule has 2 aliphatic heterocycles. The van der Waals surface area contributed by atoms with Crippen LogP contribution in [0.4, 0.5) is 0 Å². The Kier molecular flexibility index (Phi) is 2.60. The molecule has 0 spiro atoms. The molecule has 6 heteroatoms. The molecule has 2 N–H and O–H groups in total. The number of esters is 1. The Morgan fingerprint density at radius 3 is 2.85 bits per heavy atom. The Morgan fingerprint density at radius 1 is 1.40 bits per heavy atom. The molecular formula is C14H12N2O4. The van der Waals surface area contributed by atoms with E-state index in [-0.39, 0.29) is 5.57 Å². The van der Waals surface area contributed by atoms with Gasteiger partial charge in [0.2, 0.25) is 0 Å². The lowest BCUT2D eigenvalue weighted by molar-refractivity contribution is -0.133. The van der Waals surface area contributed by atoms with Gasteiger partial charge in [0, 0.05) is 17.6 Å². The minimum atomic E-state index is -1.07. The third-order valence-corrected chi connectivity index (χ3v) is 3.49. The molecule has 3 heterocycles. The Labute approximate surface area is 114 Å².